The average molecular weight is 422 g/mol. The lowest BCUT2D eigenvalue weighted by Gasteiger charge is -2.38. The number of rotatable bonds is 5. The molecule has 1 N–H and O–H groups in total. The van der Waals surface area contributed by atoms with Crippen molar-refractivity contribution in [3.63, 3.8) is 0 Å². The third-order valence-electron chi connectivity index (χ3n) is 5.12. The molecule has 29 heavy (non-hydrogen) atoms. The Morgan fingerprint density at radius 1 is 1.03 bits per heavy atom. The number of nitrogens with one attached hydrogen (secondary N) is 1. The molecule has 1 aliphatic rings. The highest BCUT2D eigenvalue weighted by Crippen LogP contribution is 2.24. The molecule has 0 spiro atoms. The van der Waals surface area contributed by atoms with Gasteiger partial charge in [0.25, 0.3) is 0 Å². The Kier molecular flexibility index (Phi) is 6.49. The van der Waals surface area contributed by atoms with E-state index in [1.807, 2.05) is 9.80 Å². The number of piperazine rings is 1. The molecule has 1 fully saturated rings. The number of ketones is 1. The van der Waals surface area contributed by atoms with Crippen LogP contribution in [0.5, 0.6) is 0 Å². The van der Waals surface area contributed by atoms with E-state index in [4.69, 9.17) is 11.6 Å². The van der Waals surface area contributed by atoms with E-state index in [1.54, 1.807) is 19.1 Å². The van der Waals surface area contributed by atoms with Gasteiger partial charge in [0.2, 0.25) is 5.91 Å². The summed E-state index contributed by atoms with van der Waals surface area (Å²) in [6.45, 7) is 5.28. The van der Waals surface area contributed by atoms with E-state index in [-0.39, 0.29) is 17.4 Å². The average Bonchev–Trinajstić information content (AvgIpc) is 2.70. The third-order valence-corrected chi connectivity index (χ3v) is 5.36. The van der Waals surface area contributed by atoms with Crippen molar-refractivity contribution in [2.24, 2.45) is 0 Å². The molecule has 5 nitrogen and oxygen atoms in total. The molecule has 3 rings (SSSR count). The largest absolute Gasteiger partial charge is 0.367 e. The molecule has 1 unspecified atom stereocenters. The summed E-state index contributed by atoms with van der Waals surface area (Å²) in [5, 5.41) is 2.91. The first-order chi connectivity index (χ1) is 13.8. The molecule has 0 saturated carbocycles. The van der Waals surface area contributed by atoms with Crippen molar-refractivity contribution >= 4 is 34.7 Å². The van der Waals surface area contributed by atoms with Crippen LogP contribution in [-0.2, 0) is 4.79 Å². The Morgan fingerprint density at radius 2 is 1.72 bits per heavy atom. The number of hydrogen-bond donors (Lipinski definition) is 1. The standard InChI is InChI=1S/C21H22ClF2N3O2/c1-13(21(29)25-19-12-16(22)4-5-17(19)23)26-7-9-27(10-8-26)20-6-3-15(14(2)28)11-18(20)24/h3-6,11-13H,7-10H2,1-2H3,(H,25,29). The highest BCUT2D eigenvalue weighted by molar-refractivity contribution is 6.30. The van der Waals surface area contributed by atoms with Gasteiger partial charge in [-0.1, -0.05) is 11.6 Å². The van der Waals surface area contributed by atoms with Crippen molar-refractivity contribution in [2.75, 3.05) is 36.4 Å². The minimum atomic E-state index is -0.552. The minimum absolute atomic E-state index is 0.0422. The van der Waals surface area contributed by atoms with E-state index >= 15 is 0 Å². The summed E-state index contributed by atoms with van der Waals surface area (Å²) in [6, 6.07) is 7.97. The summed E-state index contributed by atoms with van der Waals surface area (Å²) in [5.41, 5.74) is 0.816. The summed E-state index contributed by atoms with van der Waals surface area (Å²) < 4.78 is 28.2. The molecular weight excluding hydrogens is 400 g/mol. The lowest BCUT2D eigenvalue weighted by molar-refractivity contribution is -0.120. The maximum absolute atomic E-state index is 14.4. The lowest BCUT2D eigenvalue weighted by atomic mass is 10.1. The number of carbonyl (C=O) groups is 2. The second kappa shape index (κ2) is 8.88. The highest BCUT2D eigenvalue weighted by Gasteiger charge is 2.27. The number of benzene rings is 2. The molecule has 0 radical (unpaired) electrons. The molecule has 2 aromatic rings. The van der Waals surface area contributed by atoms with Crippen molar-refractivity contribution < 1.29 is 18.4 Å². The molecule has 2 aromatic carbocycles. The number of anilines is 2. The zero-order chi connectivity index (χ0) is 21.1. The van der Waals surface area contributed by atoms with Gasteiger partial charge in [0.05, 0.1) is 17.4 Å². The van der Waals surface area contributed by atoms with Gasteiger partial charge in [-0.25, -0.2) is 8.78 Å². The molecule has 1 amide bonds. The van der Waals surface area contributed by atoms with E-state index in [0.29, 0.717) is 42.5 Å². The Balaban J connectivity index is 1.60. The monoisotopic (exact) mass is 421 g/mol. The van der Waals surface area contributed by atoms with Crippen molar-refractivity contribution in [2.45, 2.75) is 19.9 Å². The van der Waals surface area contributed by atoms with Crippen LogP contribution in [0.3, 0.4) is 0 Å². The SMILES string of the molecule is CC(=O)c1ccc(N2CCN(C(C)C(=O)Nc3cc(Cl)ccc3F)CC2)c(F)c1. The Labute approximate surface area is 173 Å². The first-order valence-corrected chi connectivity index (χ1v) is 9.69. The first-order valence-electron chi connectivity index (χ1n) is 9.31. The zero-order valence-electron chi connectivity index (χ0n) is 16.2. The molecule has 0 aliphatic carbocycles. The fraction of sp³-hybridized carbons (Fsp3) is 0.333. The Morgan fingerprint density at radius 3 is 2.34 bits per heavy atom. The minimum Gasteiger partial charge on any atom is -0.367 e. The molecular formula is C21H22ClF2N3O2. The van der Waals surface area contributed by atoms with Crippen LogP contribution >= 0.6 is 11.6 Å². The number of halogens is 3. The van der Waals surface area contributed by atoms with Crippen LogP contribution in [0.4, 0.5) is 20.2 Å². The normalized spacial score (nSPS) is 15.8. The van der Waals surface area contributed by atoms with E-state index in [0.717, 1.165) is 0 Å². The van der Waals surface area contributed by atoms with E-state index < -0.39 is 17.7 Å². The summed E-state index contributed by atoms with van der Waals surface area (Å²) in [4.78, 5) is 27.7. The zero-order valence-corrected chi connectivity index (χ0v) is 17.0. The summed E-state index contributed by atoms with van der Waals surface area (Å²) in [6.07, 6.45) is 0. The van der Waals surface area contributed by atoms with Gasteiger partial charge in [-0.2, -0.15) is 0 Å². The number of nitrogens with zero attached hydrogens (tertiary/aromatic N) is 2. The molecule has 0 bridgehead atoms. The van der Waals surface area contributed by atoms with E-state index in [9.17, 15) is 18.4 Å². The van der Waals surface area contributed by atoms with Crippen molar-refractivity contribution in [3.8, 4) is 0 Å². The number of carbonyl (C=O) groups excluding carboxylic acids is 2. The maximum Gasteiger partial charge on any atom is 0.241 e. The van der Waals surface area contributed by atoms with Crippen LogP contribution in [0.2, 0.25) is 5.02 Å². The second-order valence-electron chi connectivity index (χ2n) is 7.03. The molecule has 1 heterocycles. The summed E-state index contributed by atoms with van der Waals surface area (Å²) >= 11 is 5.86. The fourth-order valence-electron chi connectivity index (χ4n) is 3.33. The van der Waals surface area contributed by atoms with Gasteiger partial charge in [0.15, 0.2) is 5.78 Å². The molecule has 1 aliphatic heterocycles. The van der Waals surface area contributed by atoms with Crippen molar-refractivity contribution in [1.82, 2.24) is 4.90 Å². The van der Waals surface area contributed by atoms with Crippen LogP contribution < -0.4 is 10.2 Å². The van der Waals surface area contributed by atoms with Crippen LogP contribution in [0.25, 0.3) is 0 Å². The molecule has 1 saturated heterocycles. The van der Waals surface area contributed by atoms with E-state index in [2.05, 4.69) is 5.32 Å². The third kappa shape index (κ3) is 4.92. The molecule has 154 valence electrons. The van der Waals surface area contributed by atoms with Gasteiger partial charge in [-0.05, 0) is 50.2 Å². The Hall–Kier alpha value is -2.51. The van der Waals surface area contributed by atoms with Crippen LogP contribution in [0.1, 0.15) is 24.2 Å². The lowest BCUT2D eigenvalue weighted by Crippen LogP contribution is -2.53. The summed E-state index contributed by atoms with van der Waals surface area (Å²) in [5.74, 6) is -1.51. The fourth-order valence-corrected chi connectivity index (χ4v) is 3.50. The van der Waals surface area contributed by atoms with Crippen LogP contribution in [0.15, 0.2) is 36.4 Å². The highest BCUT2D eigenvalue weighted by atomic mass is 35.5. The van der Waals surface area contributed by atoms with Gasteiger partial charge < -0.3 is 10.2 Å². The second-order valence-corrected chi connectivity index (χ2v) is 7.47. The number of amides is 1. The Bertz CT molecular complexity index is 930. The quantitative estimate of drug-likeness (QED) is 0.742. The number of Topliss-reactive ketones (excluding diaryl/α,β-unsaturated/α-hetero) is 1. The van der Waals surface area contributed by atoms with Crippen LogP contribution in [-0.4, -0.2) is 48.8 Å². The van der Waals surface area contributed by atoms with Crippen molar-refractivity contribution in [3.05, 3.63) is 58.6 Å². The first kappa shape index (κ1) is 21.2. The maximum atomic E-state index is 14.4. The molecule has 1 atom stereocenters. The van der Waals surface area contributed by atoms with Gasteiger partial charge in [-0.15, -0.1) is 0 Å². The predicted octanol–water partition coefficient (Wildman–Crippen LogP) is 3.97. The predicted molar refractivity (Wildman–Crippen MR) is 110 cm³/mol. The van der Waals surface area contributed by atoms with Crippen molar-refractivity contribution in [1.29, 1.82) is 0 Å². The topological polar surface area (TPSA) is 52.7 Å². The molecule has 8 heteroatoms. The summed E-state index contributed by atoms with van der Waals surface area (Å²) in [7, 11) is 0. The van der Waals surface area contributed by atoms with Crippen LogP contribution in [0, 0.1) is 11.6 Å². The van der Waals surface area contributed by atoms with E-state index in [1.165, 1.54) is 31.2 Å². The van der Waals surface area contributed by atoms with Gasteiger partial charge in [0.1, 0.15) is 11.6 Å². The molecule has 0 aromatic heterocycles. The van der Waals surface area contributed by atoms with Gasteiger partial charge in [-0.3, -0.25) is 14.5 Å². The van der Waals surface area contributed by atoms with Gasteiger partial charge >= 0.3 is 0 Å². The smallest absolute Gasteiger partial charge is 0.241 e. The van der Waals surface area contributed by atoms with Gasteiger partial charge in [0, 0.05) is 36.8 Å². The number of hydrogen-bond acceptors (Lipinski definition) is 4.